The molecule has 6 rings (SSSR count). The summed E-state index contributed by atoms with van der Waals surface area (Å²) in [6, 6.07) is 13.7. The summed E-state index contributed by atoms with van der Waals surface area (Å²) in [6.45, 7) is 13.9. The van der Waals surface area contributed by atoms with Crippen LogP contribution in [-0.4, -0.2) is 101 Å². The maximum Gasteiger partial charge on any atom is 0.179 e. The van der Waals surface area contributed by atoms with E-state index in [0.717, 1.165) is 49.1 Å². The van der Waals surface area contributed by atoms with Crippen LogP contribution in [0.1, 0.15) is 82.3 Å². The number of benzene rings is 2. The number of aliphatic hydroxyl groups is 1. The van der Waals surface area contributed by atoms with E-state index >= 15 is 0 Å². The highest BCUT2D eigenvalue weighted by Crippen LogP contribution is 2.50. The zero-order valence-corrected chi connectivity index (χ0v) is 28.5. The van der Waals surface area contributed by atoms with Gasteiger partial charge in [0.05, 0.1) is 49.5 Å². The summed E-state index contributed by atoms with van der Waals surface area (Å²) < 4.78 is 35.6. The zero-order valence-electron chi connectivity index (χ0n) is 27.6. The van der Waals surface area contributed by atoms with E-state index in [4.69, 9.17) is 4.74 Å². The predicted molar refractivity (Wildman–Crippen MR) is 179 cm³/mol. The molecular formula is C36H56N3O4S+. The first-order valence-corrected chi connectivity index (χ1v) is 18.8. The van der Waals surface area contributed by atoms with Crippen LogP contribution in [0.25, 0.3) is 0 Å². The Bertz CT molecular complexity index is 1310. The fraction of sp³-hybridized carbons (Fsp3) is 0.667. The Balaban J connectivity index is 1.37. The van der Waals surface area contributed by atoms with Gasteiger partial charge in [-0.2, -0.15) is 0 Å². The van der Waals surface area contributed by atoms with Crippen molar-refractivity contribution in [1.82, 2.24) is 4.90 Å². The lowest BCUT2D eigenvalue weighted by Gasteiger charge is -2.50. The van der Waals surface area contributed by atoms with E-state index in [-0.39, 0.29) is 5.75 Å². The summed E-state index contributed by atoms with van der Waals surface area (Å²) in [7, 11) is 0.324. The Morgan fingerprint density at radius 2 is 1.57 bits per heavy atom. The van der Waals surface area contributed by atoms with Gasteiger partial charge in [0.1, 0.15) is 5.75 Å². The first kappa shape index (κ1) is 33.2. The summed E-state index contributed by atoms with van der Waals surface area (Å²) in [5, 5.41) is 12.4. The van der Waals surface area contributed by atoms with Crippen LogP contribution in [0.15, 0.2) is 47.4 Å². The number of hydrogen-bond donors (Lipinski definition) is 1. The normalized spacial score (nSPS) is 27.0. The Hall–Kier alpha value is -2.13. The molecule has 4 aliphatic rings. The van der Waals surface area contributed by atoms with Crippen molar-refractivity contribution in [2.45, 2.75) is 82.1 Å². The van der Waals surface area contributed by atoms with Gasteiger partial charge < -0.3 is 19.2 Å². The highest BCUT2D eigenvalue weighted by Gasteiger charge is 2.49. The van der Waals surface area contributed by atoms with Crippen molar-refractivity contribution < 1.29 is 22.7 Å². The van der Waals surface area contributed by atoms with E-state index in [1.54, 1.807) is 6.07 Å². The fourth-order valence-corrected chi connectivity index (χ4v) is 10.2. The van der Waals surface area contributed by atoms with E-state index in [1.165, 1.54) is 56.7 Å². The Morgan fingerprint density at radius 1 is 0.932 bits per heavy atom. The number of hydrogen-bond acceptors (Lipinski definition) is 6. The molecule has 44 heavy (non-hydrogen) atoms. The van der Waals surface area contributed by atoms with Crippen molar-refractivity contribution in [2.75, 3.05) is 77.2 Å². The van der Waals surface area contributed by atoms with Gasteiger partial charge in [0.15, 0.2) is 9.84 Å². The quantitative estimate of drug-likeness (QED) is 0.214. The van der Waals surface area contributed by atoms with Gasteiger partial charge in [-0.05, 0) is 67.1 Å². The number of sulfone groups is 1. The van der Waals surface area contributed by atoms with E-state index in [0.29, 0.717) is 29.9 Å². The van der Waals surface area contributed by atoms with Crippen molar-refractivity contribution >= 4 is 15.5 Å². The topological polar surface area (TPSA) is 70.1 Å². The maximum absolute atomic E-state index is 14.1. The van der Waals surface area contributed by atoms with Gasteiger partial charge in [0, 0.05) is 50.7 Å². The second-order valence-corrected chi connectivity index (χ2v) is 16.0. The number of quaternary nitrogens is 1. The van der Waals surface area contributed by atoms with E-state index in [1.807, 2.05) is 55.4 Å². The van der Waals surface area contributed by atoms with Crippen LogP contribution in [0.3, 0.4) is 0 Å². The van der Waals surface area contributed by atoms with Crippen LogP contribution in [0.5, 0.6) is 5.75 Å². The molecule has 2 atom stereocenters. The minimum atomic E-state index is -3.61. The van der Waals surface area contributed by atoms with Gasteiger partial charge in [-0.25, -0.2) is 8.42 Å². The number of fused-ring (bicyclic) bond motifs is 4. The monoisotopic (exact) mass is 626 g/mol. The third-order valence-corrected chi connectivity index (χ3v) is 12.9. The summed E-state index contributed by atoms with van der Waals surface area (Å²) in [5.74, 6) is 0.378. The Morgan fingerprint density at radius 3 is 2.16 bits per heavy atom. The molecule has 0 saturated carbocycles. The van der Waals surface area contributed by atoms with Gasteiger partial charge in [-0.3, -0.25) is 4.90 Å². The smallest absolute Gasteiger partial charge is 0.179 e. The molecule has 0 aromatic heterocycles. The number of unbranched alkanes of at least 4 members (excludes halogenated alkanes) is 3. The molecule has 3 saturated heterocycles. The molecule has 4 aliphatic heterocycles. The number of ether oxygens (including phenoxy) is 1. The molecule has 1 N–H and O–H groups in total. The summed E-state index contributed by atoms with van der Waals surface area (Å²) in [6.07, 6.45) is 6.54. The van der Waals surface area contributed by atoms with Crippen molar-refractivity contribution in [3.05, 3.63) is 53.6 Å². The van der Waals surface area contributed by atoms with Gasteiger partial charge in [0.25, 0.3) is 0 Å². The van der Waals surface area contributed by atoms with Gasteiger partial charge in [0.2, 0.25) is 0 Å². The van der Waals surface area contributed by atoms with E-state index in [9.17, 15) is 13.5 Å². The van der Waals surface area contributed by atoms with Crippen LogP contribution >= 0.6 is 0 Å². The molecule has 4 heterocycles. The standard InChI is InChI=1S/C36H56N3O4S/c1-5-7-17-36(18-8-6-2)28-44(41,42)33-16-13-30(37(3)4)27-32(33)34(35(36)40)29-11-14-31(15-12-29)43-26-10-9-22-39-23-19-38(20-24-39)21-25-39/h11-16,27,34-35,40H,5-10,17-26,28H2,1-4H3/q+1/t34-,35?/m1/s1. The summed E-state index contributed by atoms with van der Waals surface area (Å²) in [5.41, 5.74) is 1.88. The minimum Gasteiger partial charge on any atom is -0.494 e. The number of aliphatic hydroxyl groups excluding tert-OH is 1. The van der Waals surface area contributed by atoms with E-state index in [2.05, 4.69) is 18.7 Å². The second kappa shape index (κ2) is 14.1. The highest BCUT2D eigenvalue weighted by atomic mass is 32.2. The summed E-state index contributed by atoms with van der Waals surface area (Å²) >= 11 is 0. The SMILES string of the molecule is CCCCC1(CCCC)CS(=O)(=O)c2ccc(N(C)C)cc2[C@@H](c2ccc(OCCCC[N+]34CCN(CC3)CC4)cc2)C1O. The van der Waals surface area contributed by atoms with Gasteiger partial charge in [-0.1, -0.05) is 51.7 Å². The first-order valence-electron chi connectivity index (χ1n) is 17.1. The first-order chi connectivity index (χ1) is 21.1. The molecule has 8 heteroatoms. The molecular weight excluding hydrogens is 570 g/mol. The van der Waals surface area contributed by atoms with Crippen LogP contribution < -0.4 is 9.64 Å². The lowest BCUT2D eigenvalue weighted by molar-refractivity contribution is -0.941. The molecule has 0 radical (unpaired) electrons. The molecule has 0 amide bonds. The molecule has 1 unspecified atom stereocenters. The average molecular weight is 627 g/mol. The Labute approximate surface area is 266 Å². The lowest BCUT2D eigenvalue weighted by atomic mass is 9.68. The van der Waals surface area contributed by atoms with Crippen LogP contribution in [0.4, 0.5) is 5.69 Å². The average Bonchev–Trinajstić information content (AvgIpc) is 3.10. The molecule has 244 valence electrons. The number of piperazine rings is 3. The summed E-state index contributed by atoms with van der Waals surface area (Å²) in [4.78, 5) is 4.95. The fourth-order valence-electron chi connectivity index (χ4n) is 7.97. The molecule has 2 bridgehead atoms. The van der Waals surface area contributed by atoms with Crippen molar-refractivity contribution in [1.29, 1.82) is 0 Å². The van der Waals surface area contributed by atoms with Crippen molar-refractivity contribution in [3.63, 3.8) is 0 Å². The molecule has 3 fully saturated rings. The Kier molecular flexibility index (Phi) is 10.7. The third-order valence-electron chi connectivity index (χ3n) is 10.9. The van der Waals surface area contributed by atoms with Crippen LogP contribution in [0.2, 0.25) is 0 Å². The third kappa shape index (κ3) is 7.14. The van der Waals surface area contributed by atoms with Crippen molar-refractivity contribution in [2.24, 2.45) is 5.41 Å². The molecule has 0 spiro atoms. The van der Waals surface area contributed by atoms with Gasteiger partial charge >= 0.3 is 0 Å². The van der Waals surface area contributed by atoms with Crippen molar-refractivity contribution in [3.8, 4) is 5.75 Å². The molecule has 7 nitrogen and oxygen atoms in total. The molecule has 2 aromatic carbocycles. The van der Waals surface area contributed by atoms with E-state index < -0.39 is 27.3 Å². The largest absolute Gasteiger partial charge is 0.494 e. The second-order valence-electron chi connectivity index (χ2n) is 14.1. The molecule has 0 aliphatic carbocycles. The zero-order chi connectivity index (χ0) is 31.4. The maximum atomic E-state index is 14.1. The molecule has 2 aromatic rings. The number of rotatable bonds is 14. The van der Waals surface area contributed by atoms with Crippen LogP contribution in [0, 0.1) is 5.41 Å². The lowest BCUT2D eigenvalue weighted by Crippen LogP contribution is -2.67. The predicted octanol–water partition coefficient (Wildman–Crippen LogP) is 5.70. The number of anilines is 1. The number of nitrogens with zero attached hydrogens (tertiary/aromatic N) is 3. The highest BCUT2D eigenvalue weighted by molar-refractivity contribution is 7.91. The van der Waals surface area contributed by atoms with Crippen LogP contribution in [-0.2, 0) is 9.84 Å². The minimum absolute atomic E-state index is 0.00850. The van der Waals surface area contributed by atoms with Gasteiger partial charge in [-0.15, -0.1) is 0 Å².